The van der Waals surface area contributed by atoms with Crippen molar-refractivity contribution < 1.29 is 4.74 Å². The third-order valence-electron chi connectivity index (χ3n) is 3.01. The predicted molar refractivity (Wildman–Crippen MR) is 74.7 cm³/mol. The lowest BCUT2D eigenvalue weighted by Gasteiger charge is -2.20. The molecule has 2 aromatic rings. The van der Waals surface area contributed by atoms with Crippen LogP contribution in [0.25, 0.3) is 0 Å². The van der Waals surface area contributed by atoms with Gasteiger partial charge in [0.05, 0.1) is 12.7 Å². The highest BCUT2D eigenvalue weighted by molar-refractivity contribution is 5.67. The Labute approximate surface area is 112 Å². The topological polar surface area (TPSA) is 49.1 Å². The number of benzene rings is 1. The van der Waals surface area contributed by atoms with E-state index in [1.165, 1.54) is 0 Å². The number of rotatable bonds is 3. The zero-order chi connectivity index (χ0) is 13.8. The van der Waals surface area contributed by atoms with Crippen molar-refractivity contribution in [1.82, 2.24) is 4.98 Å². The van der Waals surface area contributed by atoms with Gasteiger partial charge in [0, 0.05) is 25.0 Å². The van der Waals surface area contributed by atoms with Gasteiger partial charge >= 0.3 is 0 Å². The van der Waals surface area contributed by atoms with Gasteiger partial charge in [0.15, 0.2) is 5.82 Å². The number of methoxy groups -OCH3 is 1. The summed E-state index contributed by atoms with van der Waals surface area (Å²) in [7, 11) is 3.52. The molecule has 0 saturated carbocycles. The van der Waals surface area contributed by atoms with Crippen LogP contribution in [0.4, 0.5) is 11.5 Å². The lowest BCUT2D eigenvalue weighted by atomic mass is 10.1. The lowest BCUT2D eigenvalue weighted by molar-refractivity contribution is 0.415. The molecule has 0 amide bonds. The Balaban J connectivity index is 2.47. The fourth-order valence-corrected chi connectivity index (χ4v) is 1.88. The molecule has 0 unspecified atom stereocenters. The number of anilines is 2. The Morgan fingerprint density at radius 3 is 2.79 bits per heavy atom. The van der Waals surface area contributed by atoms with E-state index in [2.05, 4.69) is 11.1 Å². The summed E-state index contributed by atoms with van der Waals surface area (Å²) in [6.07, 6.45) is 1.71. The zero-order valence-corrected chi connectivity index (χ0v) is 11.2. The molecule has 19 heavy (non-hydrogen) atoms. The number of aromatic nitrogens is 1. The normalized spacial score (nSPS) is 9.79. The monoisotopic (exact) mass is 253 g/mol. The Morgan fingerprint density at radius 1 is 1.32 bits per heavy atom. The fourth-order valence-electron chi connectivity index (χ4n) is 1.88. The average molecular weight is 253 g/mol. The quantitative estimate of drug-likeness (QED) is 0.843. The molecule has 0 fully saturated rings. The minimum Gasteiger partial charge on any atom is -0.497 e. The van der Waals surface area contributed by atoms with Crippen LogP contribution in [-0.4, -0.2) is 19.1 Å². The van der Waals surface area contributed by atoms with E-state index in [4.69, 9.17) is 4.74 Å². The van der Waals surface area contributed by atoms with Crippen molar-refractivity contribution in [3.05, 3.63) is 47.7 Å². The smallest absolute Gasteiger partial charge is 0.150 e. The highest BCUT2D eigenvalue weighted by Gasteiger charge is 2.13. The summed E-state index contributed by atoms with van der Waals surface area (Å²) in [6, 6.07) is 11.7. The highest BCUT2D eigenvalue weighted by Crippen LogP contribution is 2.28. The van der Waals surface area contributed by atoms with Crippen LogP contribution in [0.15, 0.2) is 36.5 Å². The van der Waals surface area contributed by atoms with Crippen molar-refractivity contribution in [2.45, 2.75) is 6.92 Å². The number of hydrogen-bond acceptors (Lipinski definition) is 4. The van der Waals surface area contributed by atoms with Crippen molar-refractivity contribution in [2.24, 2.45) is 0 Å². The second-order valence-corrected chi connectivity index (χ2v) is 4.20. The molecule has 96 valence electrons. The molecule has 0 bridgehead atoms. The molecule has 0 aliphatic rings. The SMILES string of the molecule is COc1cccc(N(C)c2nccc(C)c2C#N)c1. The number of pyridine rings is 1. The molecule has 4 nitrogen and oxygen atoms in total. The molecule has 0 saturated heterocycles. The van der Waals surface area contributed by atoms with Crippen LogP contribution in [-0.2, 0) is 0 Å². The zero-order valence-electron chi connectivity index (χ0n) is 11.2. The third kappa shape index (κ3) is 2.50. The molecule has 0 radical (unpaired) electrons. The average Bonchev–Trinajstić information content (AvgIpc) is 2.46. The molecule has 0 aliphatic carbocycles. The maximum Gasteiger partial charge on any atom is 0.150 e. The Kier molecular flexibility index (Phi) is 3.67. The Bertz CT molecular complexity index is 632. The Hall–Kier alpha value is -2.54. The summed E-state index contributed by atoms with van der Waals surface area (Å²) in [4.78, 5) is 6.19. The molecule has 1 aromatic carbocycles. The first-order chi connectivity index (χ1) is 9.17. The second kappa shape index (κ2) is 5.40. The van der Waals surface area contributed by atoms with Gasteiger partial charge in [-0.3, -0.25) is 0 Å². The first kappa shape index (κ1) is 12.9. The molecular weight excluding hydrogens is 238 g/mol. The number of nitriles is 1. The summed E-state index contributed by atoms with van der Waals surface area (Å²) in [5.41, 5.74) is 2.43. The lowest BCUT2D eigenvalue weighted by Crippen LogP contribution is -2.13. The van der Waals surface area contributed by atoms with Crippen LogP contribution in [0.5, 0.6) is 5.75 Å². The van der Waals surface area contributed by atoms with Gasteiger partial charge in [-0.05, 0) is 30.7 Å². The highest BCUT2D eigenvalue weighted by atomic mass is 16.5. The summed E-state index contributed by atoms with van der Waals surface area (Å²) < 4.78 is 5.21. The molecule has 0 spiro atoms. The standard InChI is InChI=1S/C15H15N3O/c1-11-7-8-17-15(14(11)10-16)18(2)12-5-4-6-13(9-12)19-3/h4-9H,1-3H3. The minimum absolute atomic E-state index is 0.591. The first-order valence-electron chi connectivity index (χ1n) is 5.91. The number of nitrogens with zero attached hydrogens (tertiary/aromatic N) is 3. The predicted octanol–water partition coefficient (Wildman–Crippen LogP) is 3.04. The first-order valence-corrected chi connectivity index (χ1v) is 5.91. The molecule has 2 rings (SSSR count). The van der Waals surface area contributed by atoms with E-state index in [0.717, 1.165) is 17.0 Å². The minimum atomic E-state index is 0.591. The summed E-state index contributed by atoms with van der Waals surface area (Å²) >= 11 is 0. The van der Waals surface area contributed by atoms with Crippen molar-refractivity contribution in [3.63, 3.8) is 0 Å². The maximum atomic E-state index is 9.25. The molecular formula is C15H15N3O. The molecule has 0 aliphatic heterocycles. The van der Waals surface area contributed by atoms with Crippen molar-refractivity contribution in [1.29, 1.82) is 5.26 Å². The van der Waals surface area contributed by atoms with Gasteiger partial charge in [-0.25, -0.2) is 4.98 Å². The summed E-state index contributed by atoms with van der Waals surface area (Å²) in [5, 5.41) is 9.25. The van der Waals surface area contributed by atoms with Gasteiger partial charge in [0.25, 0.3) is 0 Å². The Morgan fingerprint density at radius 2 is 2.11 bits per heavy atom. The van der Waals surface area contributed by atoms with Crippen LogP contribution < -0.4 is 9.64 Å². The van der Waals surface area contributed by atoms with Crippen LogP contribution >= 0.6 is 0 Å². The van der Waals surface area contributed by atoms with Gasteiger partial charge in [-0.2, -0.15) is 5.26 Å². The molecule has 0 N–H and O–H groups in total. The van der Waals surface area contributed by atoms with E-state index in [1.54, 1.807) is 13.3 Å². The van der Waals surface area contributed by atoms with E-state index in [0.29, 0.717) is 11.4 Å². The van der Waals surface area contributed by atoms with Crippen LogP contribution in [0, 0.1) is 18.3 Å². The third-order valence-corrected chi connectivity index (χ3v) is 3.01. The van der Waals surface area contributed by atoms with Gasteiger partial charge in [-0.15, -0.1) is 0 Å². The largest absolute Gasteiger partial charge is 0.497 e. The van der Waals surface area contributed by atoms with Crippen LogP contribution in [0.1, 0.15) is 11.1 Å². The van der Waals surface area contributed by atoms with E-state index < -0.39 is 0 Å². The van der Waals surface area contributed by atoms with E-state index >= 15 is 0 Å². The molecule has 1 aromatic heterocycles. The van der Waals surface area contributed by atoms with Gasteiger partial charge in [-0.1, -0.05) is 6.07 Å². The van der Waals surface area contributed by atoms with Crippen LogP contribution in [0.3, 0.4) is 0 Å². The number of ether oxygens (including phenoxy) is 1. The van der Waals surface area contributed by atoms with Gasteiger partial charge < -0.3 is 9.64 Å². The van der Waals surface area contributed by atoms with Crippen molar-refractivity contribution >= 4 is 11.5 Å². The van der Waals surface area contributed by atoms with E-state index in [9.17, 15) is 5.26 Å². The number of hydrogen-bond donors (Lipinski definition) is 0. The summed E-state index contributed by atoms with van der Waals surface area (Å²) in [5.74, 6) is 1.42. The van der Waals surface area contributed by atoms with E-state index in [-0.39, 0.29) is 0 Å². The van der Waals surface area contributed by atoms with E-state index in [1.807, 2.05) is 49.2 Å². The summed E-state index contributed by atoms with van der Waals surface area (Å²) in [6.45, 7) is 1.91. The molecule has 4 heteroatoms. The van der Waals surface area contributed by atoms with Crippen molar-refractivity contribution in [2.75, 3.05) is 19.1 Å². The van der Waals surface area contributed by atoms with Crippen LogP contribution in [0.2, 0.25) is 0 Å². The van der Waals surface area contributed by atoms with Gasteiger partial charge in [0.2, 0.25) is 0 Å². The second-order valence-electron chi connectivity index (χ2n) is 4.20. The molecule has 1 heterocycles. The maximum absolute atomic E-state index is 9.25. The number of aryl methyl sites for hydroxylation is 1. The van der Waals surface area contributed by atoms with Gasteiger partial charge in [0.1, 0.15) is 11.8 Å². The van der Waals surface area contributed by atoms with Crippen molar-refractivity contribution in [3.8, 4) is 11.8 Å². The fraction of sp³-hybridized carbons (Fsp3) is 0.200. The molecule has 0 atom stereocenters.